The van der Waals surface area contributed by atoms with E-state index in [4.69, 9.17) is 0 Å². The second-order valence-electron chi connectivity index (χ2n) is 6.05. The minimum atomic E-state index is -0.328. The number of likely N-dealkylation sites (tertiary alicyclic amines) is 1. The molecule has 0 radical (unpaired) electrons. The van der Waals surface area contributed by atoms with Gasteiger partial charge in [-0.2, -0.15) is 0 Å². The lowest BCUT2D eigenvalue weighted by Crippen LogP contribution is -2.45. The number of nitrogens with one attached hydrogen (secondary N) is 2. The molecule has 0 spiro atoms. The molecule has 1 saturated heterocycles. The van der Waals surface area contributed by atoms with Crippen LogP contribution in [0.4, 0.5) is 10.1 Å². The van der Waals surface area contributed by atoms with Crippen LogP contribution in [-0.2, 0) is 9.59 Å². The molecule has 1 heterocycles. The third-order valence-corrected chi connectivity index (χ3v) is 4.22. The van der Waals surface area contributed by atoms with Crippen molar-refractivity contribution < 1.29 is 14.0 Å². The topological polar surface area (TPSA) is 61.4 Å². The second-order valence-corrected chi connectivity index (χ2v) is 6.05. The maximum atomic E-state index is 12.9. The van der Waals surface area contributed by atoms with Crippen molar-refractivity contribution in [2.24, 2.45) is 11.8 Å². The Kier molecular flexibility index (Phi) is 8.15. The third-order valence-electron chi connectivity index (χ3n) is 4.22. The average Bonchev–Trinajstić information content (AvgIpc) is 2.56. The summed E-state index contributed by atoms with van der Waals surface area (Å²) in [7, 11) is 1.83. The van der Waals surface area contributed by atoms with Crippen LogP contribution in [0.2, 0.25) is 0 Å². The Balaban J connectivity index is 0.00000288. The Bertz CT molecular complexity index is 545. The van der Waals surface area contributed by atoms with E-state index in [9.17, 15) is 14.0 Å². The first-order chi connectivity index (χ1) is 11.0. The van der Waals surface area contributed by atoms with Crippen LogP contribution in [-0.4, -0.2) is 43.4 Å². The summed E-state index contributed by atoms with van der Waals surface area (Å²) in [6.07, 6.45) is 1.32. The van der Waals surface area contributed by atoms with Gasteiger partial charge in [-0.25, -0.2) is 4.39 Å². The quantitative estimate of drug-likeness (QED) is 0.849. The third kappa shape index (κ3) is 5.46. The molecule has 0 aliphatic carbocycles. The molecule has 0 saturated carbocycles. The normalized spacial score (nSPS) is 16.2. The van der Waals surface area contributed by atoms with Crippen LogP contribution < -0.4 is 10.6 Å². The van der Waals surface area contributed by atoms with E-state index >= 15 is 0 Å². The number of hydrogen-bond acceptors (Lipinski definition) is 3. The maximum Gasteiger partial charge on any atom is 0.227 e. The monoisotopic (exact) mass is 357 g/mol. The zero-order valence-electron chi connectivity index (χ0n) is 14.0. The number of anilines is 1. The molecular weight excluding hydrogens is 333 g/mol. The Labute approximate surface area is 148 Å². The maximum absolute atomic E-state index is 12.9. The van der Waals surface area contributed by atoms with Gasteiger partial charge in [-0.1, -0.05) is 6.92 Å². The number of carbonyl (C=O) groups is 2. The van der Waals surface area contributed by atoms with Crippen LogP contribution in [0.25, 0.3) is 0 Å². The number of hydrogen-bond donors (Lipinski definition) is 2. The first-order valence-electron chi connectivity index (χ1n) is 8.01. The van der Waals surface area contributed by atoms with Crippen molar-refractivity contribution in [2.45, 2.75) is 19.8 Å². The van der Waals surface area contributed by atoms with E-state index in [1.807, 2.05) is 18.9 Å². The van der Waals surface area contributed by atoms with E-state index in [-0.39, 0.29) is 41.9 Å². The van der Waals surface area contributed by atoms with Crippen molar-refractivity contribution in [3.63, 3.8) is 0 Å². The lowest BCUT2D eigenvalue weighted by atomic mass is 9.95. The predicted molar refractivity (Wildman–Crippen MR) is 94.7 cm³/mol. The van der Waals surface area contributed by atoms with Crippen LogP contribution in [0.15, 0.2) is 24.3 Å². The van der Waals surface area contributed by atoms with Crippen LogP contribution in [0.3, 0.4) is 0 Å². The van der Waals surface area contributed by atoms with Crippen molar-refractivity contribution in [1.82, 2.24) is 10.2 Å². The molecule has 1 aliphatic heterocycles. The molecule has 1 fully saturated rings. The number of carbonyl (C=O) groups excluding carboxylic acids is 2. The van der Waals surface area contributed by atoms with Gasteiger partial charge in [-0.3, -0.25) is 9.59 Å². The molecule has 0 aromatic heterocycles. The van der Waals surface area contributed by atoms with Crippen LogP contribution >= 0.6 is 12.4 Å². The molecule has 5 nitrogen and oxygen atoms in total. The highest BCUT2D eigenvalue weighted by molar-refractivity contribution is 5.92. The van der Waals surface area contributed by atoms with Crippen LogP contribution in [0.1, 0.15) is 19.8 Å². The van der Waals surface area contributed by atoms with Crippen molar-refractivity contribution >= 4 is 29.9 Å². The SMILES string of the molecule is CNCC(C)C(=O)N1CCC(C(=O)Nc2ccc(F)cc2)CC1.Cl. The number of rotatable bonds is 5. The summed E-state index contributed by atoms with van der Waals surface area (Å²) in [5.74, 6) is -0.414. The molecule has 7 heteroatoms. The lowest BCUT2D eigenvalue weighted by Gasteiger charge is -2.33. The molecule has 24 heavy (non-hydrogen) atoms. The Morgan fingerprint density at radius 3 is 2.38 bits per heavy atom. The van der Waals surface area contributed by atoms with Gasteiger partial charge in [0, 0.05) is 37.2 Å². The summed E-state index contributed by atoms with van der Waals surface area (Å²) >= 11 is 0. The van der Waals surface area contributed by atoms with Gasteiger partial charge in [0.15, 0.2) is 0 Å². The first kappa shape index (κ1) is 20.4. The van der Waals surface area contributed by atoms with E-state index in [0.717, 1.165) is 0 Å². The molecule has 1 aromatic carbocycles. The van der Waals surface area contributed by atoms with Crippen molar-refractivity contribution in [3.8, 4) is 0 Å². The van der Waals surface area contributed by atoms with E-state index in [1.54, 1.807) is 12.1 Å². The minimum Gasteiger partial charge on any atom is -0.342 e. The Morgan fingerprint density at radius 2 is 1.83 bits per heavy atom. The zero-order valence-corrected chi connectivity index (χ0v) is 14.9. The van der Waals surface area contributed by atoms with Gasteiger partial charge in [0.2, 0.25) is 11.8 Å². The Morgan fingerprint density at radius 1 is 1.25 bits per heavy atom. The summed E-state index contributed by atoms with van der Waals surface area (Å²) in [5, 5.41) is 5.81. The molecule has 1 atom stereocenters. The summed E-state index contributed by atoms with van der Waals surface area (Å²) < 4.78 is 12.9. The van der Waals surface area contributed by atoms with E-state index in [1.165, 1.54) is 12.1 Å². The average molecular weight is 358 g/mol. The summed E-state index contributed by atoms with van der Waals surface area (Å²) in [5.41, 5.74) is 0.595. The number of halogens is 2. The fraction of sp³-hybridized carbons (Fsp3) is 0.529. The molecular formula is C17H25ClFN3O2. The number of piperidine rings is 1. The van der Waals surface area contributed by atoms with Gasteiger partial charge in [-0.15, -0.1) is 12.4 Å². The van der Waals surface area contributed by atoms with Gasteiger partial charge < -0.3 is 15.5 Å². The van der Waals surface area contributed by atoms with Gasteiger partial charge in [0.1, 0.15) is 5.82 Å². The predicted octanol–water partition coefficient (Wildman–Crippen LogP) is 2.28. The van der Waals surface area contributed by atoms with Crippen LogP contribution in [0.5, 0.6) is 0 Å². The highest BCUT2D eigenvalue weighted by Gasteiger charge is 2.29. The van der Waals surface area contributed by atoms with Crippen LogP contribution in [0, 0.1) is 17.7 Å². The van der Waals surface area contributed by atoms with Crippen molar-refractivity contribution in [3.05, 3.63) is 30.1 Å². The molecule has 134 valence electrons. The standard InChI is InChI=1S/C17H24FN3O2.ClH/c1-12(11-19-2)17(23)21-9-7-13(8-10-21)16(22)20-15-5-3-14(18)4-6-15;/h3-6,12-13,19H,7-11H2,1-2H3,(H,20,22);1H. The summed E-state index contributed by atoms with van der Waals surface area (Å²) in [6, 6.07) is 5.73. The number of nitrogens with zero attached hydrogens (tertiary/aromatic N) is 1. The first-order valence-corrected chi connectivity index (χ1v) is 8.01. The number of amides is 2. The molecule has 2 rings (SSSR count). The lowest BCUT2D eigenvalue weighted by molar-refractivity contribution is -0.137. The highest BCUT2D eigenvalue weighted by atomic mass is 35.5. The van der Waals surface area contributed by atoms with Crippen molar-refractivity contribution in [1.29, 1.82) is 0 Å². The van der Waals surface area contributed by atoms with Gasteiger partial charge in [0.25, 0.3) is 0 Å². The van der Waals surface area contributed by atoms with Gasteiger partial charge in [-0.05, 0) is 44.2 Å². The molecule has 1 aromatic rings. The van der Waals surface area contributed by atoms with E-state index < -0.39 is 0 Å². The molecule has 2 amide bonds. The fourth-order valence-electron chi connectivity index (χ4n) is 2.84. The van der Waals surface area contributed by atoms with Gasteiger partial charge >= 0.3 is 0 Å². The molecule has 1 unspecified atom stereocenters. The summed E-state index contributed by atoms with van der Waals surface area (Å²) in [6.45, 7) is 3.78. The van der Waals surface area contributed by atoms with Gasteiger partial charge in [0.05, 0.1) is 0 Å². The van der Waals surface area contributed by atoms with E-state index in [0.29, 0.717) is 38.2 Å². The number of benzene rings is 1. The summed E-state index contributed by atoms with van der Waals surface area (Å²) in [4.78, 5) is 26.3. The zero-order chi connectivity index (χ0) is 16.8. The fourth-order valence-corrected chi connectivity index (χ4v) is 2.84. The van der Waals surface area contributed by atoms with E-state index in [2.05, 4.69) is 10.6 Å². The molecule has 1 aliphatic rings. The Hall–Kier alpha value is -1.66. The minimum absolute atomic E-state index is 0. The second kappa shape index (κ2) is 9.59. The highest BCUT2D eigenvalue weighted by Crippen LogP contribution is 2.21. The molecule has 2 N–H and O–H groups in total. The largest absolute Gasteiger partial charge is 0.342 e. The van der Waals surface area contributed by atoms with Crippen molar-refractivity contribution in [2.75, 3.05) is 32.0 Å². The molecule has 0 bridgehead atoms. The smallest absolute Gasteiger partial charge is 0.227 e.